The van der Waals surface area contributed by atoms with Crippen molar-refractivity contribution in [1.29, 1.82) is 0 Å². The van der Waals surface area contributed by atoms with Gasteiger partial charge in [-0.05, 0) is 38.1 Å². The molecule has 3 unspecified atom stereocenters. The van der Waals surface area contributed by atoms with Crippen LogP contribution in [0.5, 0.6) is 0 Å². The highest BCUT2D eigenvalue weighted by molar-refractivity contribution is 5.79. The Bertz CT molecular complexity index is 307. The average molecular weight is 294 g/mol. The molecule has 0 bridgehead atoms. The number of carbonyl (C=O) groups excluding carboxylic acids is 1. The summed E-state index contributed by atoms with van der Waals surface area (Å²) in [5.41, 5.74) is 5.48. The van der Waals surface area contributed by atoms with Gasteiger partial charge in [-0.3, -0.25) is 4.79 Å². The molecular weight excluding hydrogens is 269 g/mol. The fourth-order valence-electron chi connectivity index (χ4n) is 2.75. The Morgan fingerprint density at radius 2 is 2.00 bits per heavy atom. The van der Waals surface area contributed by atoms with E-state index in [4.69, 9.17) is 5.73 Å². The van der Waals surface area contributed by atoms with Gasteiger partial charge in [0.1, 0.15) is 0 Å². The first kappa shape index (κ1) is 17.3. The molecule has 0 aromatic rings. The molecule has 0 aliphatic heterocycles. The van der Waals surface area contributed by atoms with E-state index < -0.39 is 23.9 Å². The molecule has 3 nitrogen and oxygen atoms in total. The van der Waals surface area contributed by atoms with Crippen molar-refractivity contribution in [2.75, 3.05) is 13.1 Å². The third kappa shape index (κ3) is 5.31. The SMILES string of the molecule is CC(CN)CCCNC(=O)C1CCCCC1C(F)(F)F. The van der Waals surface area contributed by atoms with Crippen molar-refractivity contribution < 1.29 is 18.0 Å². The van der Waals surface area contributed by atoms with Crippen molar-refractivity contribution in [3.8, 4) is 0 Å². The van der Waals surface area contributed by atoms with Crippen LogP contribution in [0.4, 0.5) is 13.2 Å². The minimum Gasteiger partial charge on any atom is -0.356 e. The second kappa shape index (κ2) is 7.86. The lowest BCUT2D eigenvalue weighted by Crippen LogP contribution is -2.42. The maximum Gasteiger partial charge on any atom is 0.392 e. The van der Waals surface area contributed by atoms with Crippen molar-refractivity contribution in [3.63, 3.8) is 0 Å². The number of amides is 1. The minimum absolute atomic E-state index is 0.0752. The van der Waals surface area contributed by atoms with E-state index >= 15 is 0 Å². The monoisotopic (exact) mass is 294 g/mol. The minimum atomic E-state index is -4.27. The van der Waals surface area contributed by atoms with E-state index in [0.717, 1.165) is 12.8 Å². The summed E-state index contributed by atoms with van der Waals surface area (Å²) in [6.07, 6.45) is -0.952. The van der Waals surface area contributed by atoms with Gasteiger partial charge in [0.25, 0.3) is 0 Å². The van der Waals surface area contributed by atoms with Gasteiger partial charge in [-0.25, -0.2) is 0 Å². The summed E-state index contributed by atoms with van der Waals surface area (Å²) >= 11 is 0. The Hall–Kier alpha value is -0.780. The zero-order chi connectivity index (χ0) is 15.2. The Morgan fingerprint density at radius 3 is 2.60 bits per heavy atom. The molecule has 1 aliphatic carbocycles. The molecule has 0 aromatic heterocycles. The summed E-state index contributed by atoms with van der Waals surface area (Å²) in [4.78, 5) is 11.9. The van der Waals surface area contributed by atoms with Gasteiger partial charge in [-0.2, -0.15) is 13.2 Å². The Balaban J connectivity index is 2.40. The fourth-order valence-corrected chi connectivity index (χ4v) is 2.75. The van der Waals surface area contributed by atoms with Crippen LogP contribution in [0.3, 0.4) is 0 Å². The summed E-state index contributed by atoms with van der Waals surface area (Å²) in [5.74, 6) is -2.44. The molecule has 1 aliphatic rings. The van der Waals surface area contributed by atoms with Crippen molar-refractivity contribution in [1.82, 2.24) is 5.32 Å². The van der Waals surface area contributed by atoms with Gasteiger partial charge in [-0.1, -0.05) is 19.8 Å². The van der Waals surface area contributed by atoms with Crippen LogP contribution in [-0.2, 0) is 4.79 Å². The van der Waals surface area contributed by atoms with Crippen LogP contribution in [0, 0.1) is 17.8 Å². The highest BCUT2D eigenvalue weighted by Gasteiger charge is 2.47. The van der Waals surface area contributed by atoms with Crippen molar-refractivity contribution in [3.05, 3.63) is 0 Å². The van der Waals surface area contributed by atoms with Crippen LogP contribution in [0.1, 0.15) is 45.4 Å². The predicted octanol–water partition coefficient (Wildman–Crippen LogP) is 2.85. The molecule has 1 saturated carbocycles. The third-order valence-electron chi connectivity index (χ3n) is 4.10. The van der Waals surface area contributed by atoms with Crippen LogP contribution in [-0.4, -0.2) is 25.2 Å². The maximum absolute atomic E-state index is 12.9. The number of rotatable bonds is 6. The van der Waals surface area contributed by atoms with E-state index in [1.165, 1.54) is 0 Å². The van der Waals surface area contributed by atoms with Gasteiger partial charge in [-0.15, -0.1) is 0 Å². The first-order chi connectivity index (χ1) is 9.36. The molecule has 0 spiro atoms. The molecule has 0 radical (unpaired) electrons. The smallest absolute Gasteiger partial charge is 0.356 e. The summed E-state index contributed by atoms with van der Waals surface area (Å²) in [6, 6.07) is 0. The van der Waals surface area contributed by atoms with E-state index in [-0.39, 0.29) is 6.42 Å². The van der Waals surface area contributed by atoms with E-state index in [2.05, 4.69) is 5.32 Å². The van der Waals surface area contributed by atoms with Gasteiger partial charge in [0.2, 0.25) is 5.91 Å². The summed E-state index contributed by atoms with van der Waals surface area (Å²) in [7, 11) is 0. The zero-order valence-electron chi connectivity index (χ0n) is 12.0. The second-order valence-electron chi connectivity index (χ2n) is 5.81. The van der Waals surface area contributed by atoms with E-state index in [1.807, 2.05) is 6.92 Å². The molecule has 1 rings (SSSR count). The lowest BCUT2D eigenvalue weighted by Gasteiger charge is -2.32. The number of halogens is 3. The Kier molecular flexibility index (Phi) is 6.79. The van der Waals surface area contributed by atoms with E-state index in [1.54, 1.807) is 0 Å². The van der Waals surface area contributed by atoms with Crippen LogP contribution in [0.25, 0.3) is 0 Å². The summed E-state index contributed by atoms with van der Waals surface area (Å²) < 4.78 is 38.7. The van der Waals surface area contributed by atoms with E-state index in [9.17, 15) is 18.0 Å². The van der Waals surface area contributed by atoms with Gasteiger partial charge in [0, 0.05) is 12.5 Å². The van der Waals surface area contributed by atoms with Crippen LogP contribution >= 0.6 is 0 Å². The average Bonchev–Trinajstić information content (AvgIpc) is 2.42. The zero-order valence-corrected chi connectivity index (χ0v) is 12.0. The maximum atomic E-state index is 12.9. The number of carbonyl (C=O) groups is 1. The standard InChI is InChI=1S/C14H25F3N2O/c1-10(9-18)5-4-8-19-13(20)11-6-2-3-7-12(11)14(15,16)17/h10-12H,2-9,18H2,1H3,(H,19,20). The molecule has 6 heteroatoms. The first-order valence-corrected chi connectivity index (χ1v) is 7.40. The molecule has 0 saturated heterocycles. The Morgan fingerprint density at radius 1 is 1.35 bits per heavy atom. The number of nitrogens with two attached hydrogens (primary N) is 1. The molecular formula is C14H25F3N2O. The largest absolute Gasteiger partial charge is 0.392 e. The fraction of sp³-hybridized carbons (Fsp3) is 0.929. The van der Waals surface area contributed by atoms with Gasteiger partial charge in [0.15, 0.2) is 0 Å². The van der Waals surface area contributed by atoms with Crippen LogP contribution in [0.15, 0.2) is 0 Å². The lowest BCUT2D eigenvalue weighted by atomic mass is 9.78. The van der Waals surface area contributed by atoms with Gasteiger partial charge in [0.05, 0.1) is 5.92 Å². The highest BCUT2D eigenvalue weighted by atomic mass is 19.4. The number of alkyl halides is 3. The molecule has 118 valence electrons. The van der Waals surface area contributed by atoms with Crippen molar-refractivity contribution >= 4 is 5.91 Å². The number of nitrogens with one attached hydrogen (secondary N) is 1. The quantitative estimate of drug-likeness (QED) is 0.740. The number of hydrogen-bond donors (Lipinski definition) is 2. The van der Waals surface area contributed by atoms with Gasteiger partial charge >= 0.3 is 6.18 Å². The molecule has 1 fully saturated rings. The molecule has 3 atom stereocenters. The van der Waals surface area contributed by atoms with Crippen LogP contribution in [0.2, 0.25) is 0 Å². The Labute approximate surface area is 118 Å². The first-order valence-electron chi connectivity index (χ1n) is 7.40. The molecule has 0 heterocycles. The summed E-state index contributed by atoms with van der Waals surface area (Å²) in [5, 5.41) is 2.65. The topological polar surface area (TPSA) is 55.1 Å². The molecule has 0 aromatic carbocycles. The highest BCUT2D eigenvalue weighted by Crippen LogP contribution is 2.41. The van der Waals surface area contributed by atoms with Gasteiger partial charge < -0.3 is 11.1 Å². The summed E-state index contributed by atoms with van der Waals surface area (Å²) in [6.45, 7) is 3.04. The van der Waals surface area contributed by atoms with Crippen molar-refractivity contribution in [2.45, 2.75) is 51.6 Å². The van der Waals surface area contributed by atoms with E-state index in [0.29, 0.717) is 38.3 Å². The van der Waals surface area contributed by atoms with Crippen LogP contribution < -0.4 is 11.1 Å². The normalized spacial score (nSPS) is 25.2. The van der Waals surface area contributed by atoms with Crippen molar-refractivity contribution in [2.24, 2.45) is 23.5 Å². The molecule has 3 N–H and O–H groups in total. The second-order valence-corrected chi connectivity index (χ2v) is 5.81. The third-order valence-corrected chi connectivity index (χ3v) is 4.10. The predicted molar refractivity (Wildman–Crippen MR) is 72.0 cm³/mol. The molecule has 1 amide bonds. The molecule has 20 heavy (non-hydrogen) atoms. The number of hydrogen-bond acceptors (Lipinski definition) is 2. The lowest BCUT2D eigenvalue weighted by molar-refractivity contribution is -0.198.